The second-order valence-electron chi connectivity index (χ2n) is 4.92. The van der Waals surface area contributed by atoms with E-state index in [-0.39, 0.29) is 9.79 Å². The van der Waals surface area contributed by atoms with Crippen LogP contribution in [-0.4, -0.2) is 16.8 Å². The highest BCUT2D eigenvalue weighted by molar-refractivity contribution is 7.92. The molecule has 118 valence electrons. The van der Waals surface area contributed by atoms with E-state index in [0.717, 1.165) is 23.3 Å². The van der Waals surface area contributed by atoms with E-state index in [1.165, 1.54) is 12.1 Å². The van der Waals surface area contributed by atoms with E-state index in [1.54, 1.807) is 12.1 Å². The molecule has 0 saturated heterocycles. The number of hydrogen-bond donors (Lipinski definition) is 2. The minimum absolute atomic E-state index is 0.0434. The highest BCUT2D eigenvalue weighted by Gasteiger charge is 2.16. The van der Waals surface area contributed by atoms with Crippen LogP contribution in [0.1, 0.15) is 11.1 Å². The van der Waals surface area contributed by atoms with Gasteiger partial charge >= 0.3 is 0 Å². The maximum atomic E-state index is 12.3. The number of nitrogens with one attached hydrogen (secondary N) is 1. The molecule has 0 aliphatic carbocycles. The maximum Gasteiger partial charge on any atom is 0.261 e. The molecule has 6 nitrogen and oxygen atoms in total. The summed E-state index contributed by atoms with van der Waals surface area (Å²) in [4.78, 5) is -0.184. The van der Waals surface area contributed by atoms with Crippen molar-refractivity contribution in [1.29, 1.82) is 0 Å². The average molecular weight is 340 g/mol. The van der Waals surface area contributed by atoms with Crippen LogP contribution in [0.15, 0.2) is 52.3 Å². The number of hydrogen-bond acceptors (Lipinski definition) is 4. The lowest BCUT2D eigenvalue weighted by atomic mass is 10.1. The van der Waals surface area contributed by atoms with Crippen LogP contribution in [0.25, 0.3) is 0 Å². The summed E-state index contributed by atoms with van der Waals surface area (Å²) in [6.07, 6.45) is 0. The van der Waals surface area contributed by atoms with Gasteiger partial charge in [0.25, 0.3) is 10.0 Å². The van der Waals surface area contributed by atoms with Gasteiger partial charge in [0.1, 0.15) is 0 Å². The highest BCUT2D eigenvalue weighted by atomic mass is 32.2. The summed E-state index contributed by atoms with van der Waals surface area (Å²) < 4.78 is 49.3. The zero-order chi connectivity index (χ0) is 16.5. The Morgan fingerprint density at radius 1 is 0.818 bits per heavy atom. The van der Waals surface area contributed by atoms with Gasteiger partial charge in [-0.15, -0.1) is 0 Å². The molecular formula is C14H16N2O4S2. The predicted octanol–water partition coefficient (Wildman–Crippen LogP) is 1.75. The standard InChI is InChI=1S/C14H16N2O4S2/c1-10-3-4-12(9-11(10)2)16-22(19,20)14-7-5-13(6-8-14)21(15,17)18/h3-9,16H,1-2H3,(H2,15,17,18). The van der Waals surface area contributed by atoms with E-state index in [4.69, 9.17) is 5.14 Å². The van der Waals surface area contributed by atoms with Gasteiger partial charge in [0.2, 0.25) is 10.0 Å². The normalized spacial score (nSPS) is 12.1. The molecule has 0 unspecified atom stereocenters. The second-order valence-corrected chi connectivity index (χ2v) is 8.16. The van der Waals surface area contributed by atoms with Gasteiger partial charge in [0.15, 0.2) is 0 Å². The molecule has 0 saturated carbocycles. The van der Waals surface area contributed by atoms with Crippen molar-refractivity contribution in [3.8, 4) is 0 Å². The molecular weight excluding hydrogens is 324 g/mol. The van der Waals surface area contributed by atoms with Gasteiger partial charge in [0, 0.05) is 5.69 Å². The summed E-state index contributed by atoms with van der Waals surface area (Å²) in [7, 11) is -7.64. The van der Waals surface area contributed by atoms with E-state index >= 15 is 0 Å². The highest BCUT2D eigenvalue weighted by Crippen LogP contribution is 2.20. The molecule has 2 aromatic carbocycles. The molecule has 0 aromatic heterocycles. The van der Waals surface area contributed by atoms with E-state index < -0.39 is 20.0 Å². The fourth-order valence-corrected chi connectivity index (χ4v) is 3.39. The molecule has 2 aromatic rings. The number of benzene rings is 2. The Bertz CT molecular complexity index is 902. The van der Waals surface area contributed by atoms with E-state index in [9.17, 15) is 16.8 Å². The van der Waals surface area contributed by atoms with Crippen molar-refractivity contribution in [3.05, 3.63) is 53.6 Å². The number of nitrogens with two attached hydrogens (primary N) is 1. The maximum absolute atomic E-state index is 12.3. The fraction of sp³-hybridized carbons (Fsp3) is 0.143. The molecule has 0 atom stereocenters. The first-order valence-corrected chi connectivity index (χ1v) is 9.35. The molecule has 3 N–H and O–H groups in total. The zero-order valence-electron chi connectivity index (χ0n) is 12.1. The first-order chi connectivity index (χ1) is 10.1. The molecule has 0 bridgehead atoms. The first-order valence-electron chi connectivity index (χ1n) is 6.32. The summed E-state index contributed by atoms with van der Waals surface area (Å²) in [5.41, 5.74) is 2.46. The molecule has 0 aliphatic heterocycles. The van der Waals surface area contributed by atoms with Crippen molar-refractivity contribution in [1.82, 2.24) is 0 Å². The summed E-state index contributed by atoms with van der Waals surface area (Å²) in [6.45, 7) is 3.81. The Morgan fingerprint density at radius 3 is 1.86 bits per heavy atom. The van der Waals surface area contributed by atoms with Crippen LogP contribution in [0.3, 0.4) is 0 Å². The van der Waals surface area contributed by atoms with Gasteiger partial charge in [-0.2, -0.15) is 0 Å². The number of sulfonamides is 2. The van der Waals surface area contributed by atoms with Crippen LogP contribution in [0.4, 0.5) is 5.69 Å². The first kappa shape index (κ1) is 16.5. The third-order valence-electron chi connectivity index (χ3n) is 3.22. The monoisotopic (exact) mass is 340 g/mol. The van der Waals surface area contributed by atoms with Crippen molar-refractivity contribution in [2.75, 3.05) is 4.72 Å². The van der Waals surface area contributed by atoms with Gasteiger partial charge in [-0.3, -0.25) is 4.72 Å². The van der Waals surface area contributed by atoms with Crippen molar-refractivity contribution in [3.63, 3.8) is 0 Å². The Hall–Kier alpha value is -1.90. The van der Waals surface area contributed by atoms with E-state index in [0.29, 0.717) is 5.69 Å². The van der Waals surface area contributed by atoms with Crippen molar-refractivity contribution in [2.24, 2.45) is 5.14 Å². The summed E-state index contributed by atoms with van der Waals surface area (Å²) >= 11 is 0. The second kappa shape index (κ2) is 5.71. The zero-order valence-corrected chi connectivity index (χ0v) is 13.7. The number of anilines is 1. The van der Waals surface area contributed by atoms with Gasteiger partial charge in [-0.25, -0.2) is 22.0 Å². The van der Waals surface area contributed by atoms with Gasteiger partial charge in [-0.1, -0.05) is 6.07 Å². The van der Waals surface area contributed by atoms with Crippen molar-refractivity contribution < 1.29 is 16.8 Å². The molecule has 8 heteroatoms. The van der Waals surface area contributed by atoms with Gasteiger partial charge in [0.05, 0.1) is 9.79 Å². The smallest absolute Gasteiger partial charge is 0.261 e. The summed E-state index contributed by atoms with van der Waals surface area (Å²) in [5, 5.41) is 4.98. The summed E-state index contributed by atoms with van der Waals surface area (Å²) in [5.74, 6) is 0. The van der Waals surface area contributed by atoms with Crippen LogP contribution < -0.4 is 9.86 Å². The van der Waals surface area contributed by atoms with E-state index in [2.05, 4.69) is 4.72 Å². The van der Waals surface area contributed by atoms with Crippen molar-refractivity contribution in [2.45, 2.75) is 23.6 Å². The predicted molar refractivity (Wildman–Crippen MR) is 84.5 cm³/mol. The molecule has 0 spiro atoms. The number of aryl methyl sites for hydroxylation is 2. The molecule has 0 amide bonds. The Kier molecular flexibility index (Phi) is 4.28. The molecule has 0 radical (unpaired) electrons. The number of primary sulfonamides is 1. The third kappa shape index (κ3) is 3.65. The van der Waals surface area contributed by atoms with Crippen LogP contribution >= 0.6 is 0 Å². The Labute approximate surface area is 130 Å². The van der Waals surface area contributed by atoms with Crippen LogP contribution in [0, 0.1) is 13.8 Å². The lowest BCUT2D eigenvalue weighted by Gasteiger charge is -2.10. The quantitative estimate of drug-likeness (QED) is 0.884. The van der Waals surface area contributed by atoms with Crippen LogP contribution in [0.2, 0.25) is 0 Å². The molecule has 0 heterocycles. The summed E-state index contributed by atoms with van der Waals surface area (Å²) in [6, 6.07) is 9.92. The topological polar surface area (TPSA) is 106 Å². The molecule has 22 heavy (non-hydrogen) atoms. The molecule has 0 fully saturated rings. The minimum atomic E-state index is -3.85. The third-order valence-corrected chi connectivity index (χ3v) is 5.55. The average Bonchev–Trinajstić information content (AvgIpc) is 2.42. The molecule has 2 rings (SSSR count). The SMILES string of the molecule is Cc1ccc(NS(=O)(=O)c2ccc(S(N)(=O)=O)cc2)cc1C. The fourth-order valence-electron chi connectivity index (χ4n) is 1.83. The Balaban J connectivity index is 2.32. The van der Waals surface area contributed by atoms with Crippen molar-refractivity contribution >= 4 is 25.7 Å². The van der Waals surface area contributed by atoms with Gasteiger partial charge < -0.3 is 0 Å². The minimum Gasteiger partial charge on any atom is -0.280 e. The van der Waals surface area contributed by atoms with E-state index in [1.807, 2.05) is 19.9 Å². The van der Waals surface area contributed by atoms with Gasteiger partial charge in [-0.05, 0) is 61.4 Å². The lowest BCUT2D eigenvalue weighted by molar-refractivity contribution is 0.595. The number of rotatable bonds is 4. The Morgan fingerprint density at radius 2 is 1.36 bits per heavy atom. The van der Waals surface area contributed by atoms with Crippen LogP contribution in [0.5, 0.6) is 0 Å². The molecule has 0 aliphatic rings. The lowest BCUT2D eigenvalue weighted by Crippen LogP contribution is -2.15. The largest absolute Gasteiger partial charge is 0.280 e. The van der Waals surface area contributed by atoms with Crippen LogP contribution in [-0.2, 0) is 20.0 Å².